The van der Waals surface area contributed by atoms with Crippen molar-refractivity contribution in [3.8, 4) is 22.1 Å². The third-order valence-electron chi connectivity index (χ3n) is 5.32. The Morgan fingerprint density at radius 2 is 1.71 bits per heavy atom. The average Bonchev–Trinajstić information content (AvgIpc) is 3.41. The molecule has 7 heteroatoms. The van der Waals surface area contributed by atoms with E-state index >= 15 is 0 Å². The summed E-state index contributed by atoms with van der Waals surface area (Å²) < 4.78 is 16.3. The molecular weight excluding hydrogens is 374 g/mol. The molecule has 1 aromatic carbocycles. The van der Waals surface area contributed by atoms with E-state index in [1.807, 2.05) is 12.1 Å². The Morgan fingerprint density at radius 3 is 2.39 bits per heavy atom. The Labute approximate surface area is 169 Å². The summed E-state index contributed by atoms with van der Waals surface area (Å²) in [5.41, 5.74) is 2.33. The van der Waals surface area contributed by atoms with Gasteiger partial charge >= 0.3 is 0 Å². The first kappa shape index (κ1) is 19.0. The van der Waals surface area contributed by atoms with Gasteiger partial charge in [0.1, 0.15) is 45.0 Å². The molecule has 0 saturated carbocycles. The lowest BCUT2D eigenvalue weighted by atomic mass is 10.1. The van der Waals surface area contributed by atoms with Crippen LogP contribution < -0.4 is 19.3 Å². The van der Waals surface area contributed by atoms with Gasteiger partial charge in [0.25, 0.3) is 0 Å². The van der Waals surface area contributed by atoms with Gasteiger partial charge in [-0.05, 0) is 29.6 Å². The average molecular weight is 402 g/mol. The molecular formula is C21H27N3O3S+2. The monoisotopic (exact) mass is 401 g/mol. The highest BCUT2D eigenvalue weighted by atomic mass is 32.1. The molecule has 4 rings (SSSR count). The van der Waals surface area contributed by atoms with Crippen LogP contribution in [-0.2, 0) is 13.1 Å². The van der Waals surface area contributed by atoms with E-state index in [0.717, 1.165) is 67.1 Å². The van der Waals surface area contributed by atoms with Crippen LogP contribution in [-0.4, -0.2) is 45.6 Å². The smallest absolute Gasteiger partial charge is 0.177 e. The SMILES string of the molecule is COc1ccc(C[NH+]2CC[NH+](Cc3cc(-c4cccs4)on3)CC2)cc1OC. The lowest BCUT2D eigenvalue weighted by Gasteiger charge is -2.29. The molecule has 0 atom stereocenters. The molecule has 1 aliphatic rings. The first-order valence-corrected chi connectivity index (χ1v) is 10.5. The number of hydrogen-bond donors (Lipinski definition) is 2. The van der Waals surface area contributed by atoms with Crippen molar-refractivity contribution in [3.05, 3.63) is 53.0 Å². The second-order valence-electron chi connectivity index (χ2n) is 7.20. The number of hydrogen-bond acceptors (Lipinski definition) is 5. The Balaban J connectivity index is 1.29. The second-order valence-corrected chi connectivity index (χ2v) is 8.15. The van der Waals surface area contributed by atoms with Crippen LogP contribution in [0, 0.1) is 0 Å². The minimum atomic E-state index is 0.782. The number of nitrogens with one attached hydrogen (secondary N) is 2. The van der Waals surface area contributed by atoms with Gasteiger partial charge in [0.2, 0.25) is 0 Å². The van der Waals surface area contributed by atoms with Gasteiger partial charge in [0, 0.05) is 11.6 Å². The molecule has 0 amide bonds. The molecule has 1 fully saturated rings. The molecule has 0 unspecified atom stereocenters. The molecule has 0 aliphatic carbocycles. The highest BCUT2D eigenvalue weighted by molar-refractivity contribution is 7.13. The topological polar surface area (TPSA) is 53.4 Å². The number of benzene rings is 1. The lowest BCUT2D eigenvalue weighted by molar-refractivity contribution is -1.02. The quantitative estimate of drug-likeness (QED) is 0.618. The standard InChI is InChI=1S/C21H25N3O3S/c1-25-18-6-5-16(12-19(18)26-2)14-23-7-9-24(10-8-23)15-17-13-20(27-22-17)21-4-3-11-28-21/h3-6,11-13H,7-10,14-15H2,1-2H3/p+2. The lowest BCUT2D eigenvalue weighted by Crippen LogP contribution is -3.27. The van der Waals surface area contributed by atoms with Crippen molar-refractivity contribution in [2.75, 3.05) is 40.4 Å². The van der Waals surface area contributed by atoms with Gasteiger partial charge < -0.3 is 23.8 Å². The minimum absolute atomic E-state index is 0.782. The van der Waals surface area contributed by atoms with E-state index in [-0.39, 0.29) is 0 Å². The van der Waals surface area contributed by atoms with Crippen molar-refractivity contribution in [2.45, 2.75) is 13.1 Å². The van der Waals surface area contributed by atoms with Gasteiger partial charge in [-0.25, -0.2) is 0 Å². The second kappa shape index (κ2) is 8.77. The van der Waals surface area contributed by atoms with Gasteiger partial charge in [-0.3, -0.25) is 0 Å². The molecule has 1 saturated heterocycles. The van der Waals surface area contributed by atoms with Crippen molar-refractivity contribution in [3.63, 3.8) is 0 Å². The predicted molar refractivity (Wildman–Crippen MR) is 108 cm³/mol. The van der Waals surface area contributed by atoms with E-state index in [2.05, 4.69) is 34.8 Å². The van der Waals surface area contributed by atoms with Gasteiger partial charge in [-0.15, -0.1) is 11.3 Å². The normalized spacial score (nSPS) is 19.5. The summed E-state index contributed by atoms with van der Waals surface area (Å²) in [5.74, 6) is 2.46. The zero-order valence-corrected chi connectivity index (χ0v) is 17.2. The summed E-state index contributed by atoms with van der Waals surface area (Å²) in [6.45, 7) is 6.53. The highest BCUT2D eigenvalue weighted by Gasteiger charge is 2.24. The number of piperazine rings is 1. The van der Waals surface area contributed by atoms with Crippen LogP contribution in [0.4, 0.5) is 0 Å². The van der Waals surface area contributed by atoms with Gasteiger partial charge in [0.05, 0.1) is 19.1 Å². The van der Waals surface area contributed by atoms with E-state index in [4.69, 9.17) is 14.0 Å². The molecule has 6 nitrogen and oxygen atoms in total. The van der Waals surface area contributed by atoms with Crippen LogP contribution in [0.5, 0.6) is 11.5 Å². The Morgan fingerprint density at radius 1 is 0.964 bits per heavy atom. The maximum atomic E-state index is 5.51. The molecule has 0 bridgehead atoms. The third-order valence-corrected chi connectivity index (χ3v) is 6.20. The zero-order chi connectivity index (χ0) is 19.3. The highest BCUT2D eigenvalue weighted by Crippen LogP contribution is 2.27. The van der Waals surface area contributed by atoms with Crippen LogP contribution in [0.1, 0.15) is 11.3 Å². The summed E-state index contributed by atoms with van der Waals surface area (Å²) >= 11 is 1.68. The van der Waals surface area contributed by atoms with Crippen LogP contribution in [0.15, 0.2) is 46.3 Å². The van der Waals surface area contributed by atoms with Crippen LogP contribution in [0.2, 0.25) is 0 Å². The Hall–Kier alpha value is -2.35. The first-order chi connectivity index (χ1) is 13.7. The van der Waals surface area contributed by atoms with E-state index in [0.29, 0.717) is 0 Å². The third kappa shape index (κ3) is 4.38. The molecule has 0 radical (unpaired) electrons. The van der Waals surface area contributed by atoms with E-state index < -0.39 is 0 Å². The largest absolute Gasteiger partial charge is 0.493 e. The molecule has 0 spiro atoms. The number of methoxy groups -OCH3 is 2. The Kier molecular flexibility index (Phi) is 5.95. The minimum Gasteiger partial charge on any atom is -0.493 e. The van der Waals surface area contributed by atoms with Crippen LogP contribution >= 0.6 is 11.3 Å². The molecule has 2 N–H and O–H groups in total. The van der Waals surface area contributed by atoms with Gasteiger partial charge in [0.15, 0.2) is 17.3 Å². The van der Waals surface area contributed by atoms with Crippen LogP contribution in [0.25, 0.3) is 10.6 Å². The molecule has 28 heavy (non-hydrogen) atoms. The first-order valence-electron chi connectivity index (χ1n) is 9.62. The summed E-state index contributed by atoms with van der Waals surface area (Å²) in [6, 6.07) is 12.4. The summed E-state index contributed by atoms with van der Waals surface area (Å²) in [6.07, 6.45) is 0. The fourth-order valence-corrected chi connectivity index (χ4v) is 4.45. The molecule has 3 aromatic rings. The number of quaternary nitrogens is 2. The van der Waals surface area contributed by atoms with Gasteiger partial charge in [-0.1, -0.05) is 11.2 Å². The Bertz CT molecular complexity index is 886. The fraction of sp³-hybridized carbons (Fsp3) is 0.381. The number of ether oxygens (including phenoxy) is 2. The van der Waals surface area contributed by atoms with Crippen molar-refractivity contribution in [2.24, 2.45) is 0 Å². The number of aromatic nitrogens is 1. The van der Waals surface area contributed by atoms with E-state index in [1.165, 1.54) is 5.56 Å². The molecule has 1 aliphatic heterocycles. The van der Waals surface area contributed by atoms with Crippen LogP contribution in [0.3, 0.4) is 0 Å². The summed E-state index contributed by atoms with van der Waals surface area (Å²) in [5, 5.41) is 6.33. The van der Waals surface area contributed by atoms with E-state index in [1.54, 1.807) is 35.4 Å². The fourth-order valence-electron chi connectivity index (χ4n) is 3.78. The maximum Gasteiger partial charge on any atom is 0.177 e. The number of nitrogens with zero attached hydrogens (tertiary/aromatic N) is 1. The summed E-state index contributed by atoms with van der Waals surface area (Å²) in [4.78, 5) is 4.32. The van der Waals surface area contributed by atoms with E-state index in [9.17, 15) is 0 Å². The van der Waals surface area contributed by atoms with Gasteiger partial charge in [-0.2, -0.15) is 0 Å². The molecule has 148 valence electrons. The van der Waals surface area contributed by atoms with Crippen molar-refractivity contribution >= 4 is 11.3 Å². The molecule has 2 aromatic heterocycles. The van der Waals surface area contributed by atoms with Crippen molar-refractivity contribution in [1.82, 2.24) is 5.16 Å². The van der Waals surface area contributed by atoms with Crippen molar-refractivity contribution in [1.29, 1.82) is 0 Å². The summed E-state index contributed by atoms with van der Waals surface area (Å²) in [7, 11) is 3.35. The predicted octanol–water partition coefficient (Wildman–Crippen LogP) is 0.904. The maximum absolute atomic E-state index is 5.51. The zero-order valence-electron chi connectivity index (χ0n) is 16.4. The number of rotatable bonds is 7. The van der Waals surface area contributed by atoms with Crippen molar-refractivity contribution < 1.29 is 23.8 Å². The molecule has 3 heterocycles. The number of thiophene rings is 1.